The first-order chi connectivity index (χ1) is 20.6. The molecule has 6 rings (SSSR count). The molecule has 6 aromatic rings. The molecule has 0 spiro atoms. The van der Waals surface area contributed by atoms with E-state index in [9.17, 15) is 0 Å². The minimum atomic E-state index is 1.21. The van der Waals surface area contributed by atoms with Crippen molar-refractivity contribution in [3.05, 3.63) is 180 Å². The largest absolute Gasteiger partial charge is 0.0622 e. The molecular formula is C42H34. The van der Waals surface area contributed by atoms with Crippen molar-refractivity contribution in [1.82, 2.24) is 0 Å². The van der Waals surface area contributed by atoms with E-state index in [0.717, 1.165) is 0 Å². The third-order valence-corrected chi connectivity index (χ3v) is 7.82. The van der Waals surface area contributed by atoms with Crippen LogP contribution < -0.4 is 0 Å². The first-order valence-corrected chi connectivity index (χ1v) is 14.5. The Morgan fingerprint density at radius 1 is 0.310 bits per heavy atom. The Hall–Kier alpha value is -5.20. The molecule has 0 aliphatic heterocycles. The molecule has 0 atom stereocenters. The van der Waals surface area contributed by atoms with Gasteiger partial charge in [-0.15, -0.1) is 0 Å². The Kier molecular flexibility index (Phi) is 8.06. The second-order valence-corrected chi connectivity index (χ2v) is 10.8. The van der Waals surface area contributed by atoms with E-state index in [2.05, 4.69) is 184 Å². The number of benzene rings is 6. The lowest BCUT2D eigenvalue weighted by atomic mass is 9.97. The topological polar surface area (TPSA) is 0 Å². The van der Waals surface area contributed by atoms with Crippen LogP contribution in [0, 0.1) is 0 Å². The fourth-order valence-electron chi connectivity index (χ4n) is 5.32. The van der Waals surface area contributed by atoms with Gasteiger partial charge in [0.1, 0.15) is 0 Å². The lowest BCUT2D eigenvalue weighted by Gasteiger charge is -2.08. The van der Waals surface area contributed by atoms with E-state index in [0.29, 0.717) is 0 Å². The van der Waals surface area contributed by atoms with Crippen LogP contribution in [0.5, 0.6) is 0 Å². The molecule has 6 aromatic carbocycles. The normalized spacial score (nSPS) is 11.9. The molecule has 0 heterocycles. The highest BCUT2D eigenvalue weighted by Crippen LogP contribution is 2.29. The second-order valence-electron chi connectivity index (χ2n) is 10.8. The third kappa shape index (κ3) is 6.40. The van der Waals surface area contributed by atoms with Crippen LogP contribution in [0.1, 0.15) is 36.1 Å². The molecular weight excluding hydrogens is 504 g/mol. The summed E-state index contributed by atoms with van der Waals surface area (Å²) in [6, 6.07) is 56.4. The highest BCUT2D eigenvalue weighted by Gasteiger charge is 2.04. The lowest BCUT2D eigenvalue weighted by Crippen LogP contribution is -1.83. The zero-order chi connectivity index (χ0) is 28.7. The average molecular weight is 539 g/mol. The quantitative estimate of drug-likeness (QED) is 0.177. The van der Waals surface area contributed by atoms with Crippen LogP contribution in [-0.4, -0.2) is 0 Å². The van der Waals surface area contributed by atoms with E-state index in [1.54, 1.807) is 0 Å². The summed E-state index contributed by atoms with van der Waals surface area (Å²) >= 11 is 0. The maximum Gasteiger partial charge on any atom is -0.0184 e. The molecule has 0 aliphatic rings. The fourth-order valence-corrected chi connectivity index (χ4v) is 5.32. The first-order valence-electron chi connectivity index (χ1n) is 14.5. The van der Waals surface area contributed by atoms with Gasteiger partial charge < -0.3 is 0 Å². The average Bonchev–Trinajstić information content (AvgIpc) is 3.06. The van der Waals surface area contributed by atoms with Gasteiger partial charge in [0, 0.05) is 0 Å². The van der Waals surface area contributed by atoms with Gasteiger partial charge in [0.2, 0.25) is 0 Å². The van der Waals surface area contributed by atoms with E-state index in [1.807, 2.05) is 0 Å². The predicted molar refractivity (Wildman–Crippen MR) is 183 cm³/mol. The van der Waals surface area contributed by atoms with Crippen molar-refractivity contribution < 1.29 is 0 Å². The molecule has 0 fully saturated rings. The van der Waals surface area contributed by atoms with Crippen LogP contribution in [0.4, 0.5) is 0 Å². The van der Waals surface area contributed by atoms with Gasteiger partial charge in [-0.05, 0) is 80.6 Å². The van der Waals surface area contributed by atoms with E-state index < -0.39 is 0 Å². The standard InChI is InChI=1S/C42H34/c1-31(35-9-5-3-6-10-35)29-33-13-17-37(18-14-33)39-21-25-41(26-22-39)42-27-23-40(24-28-42)38-19-15-34(16-20-38)30-32(2)36-11-7-4-8-12-36/h3-30H,1-2H3/b31-29+,32-30+. The van der Waals surface area contributed by atoms with Crippen molar-refractivity contribution in [2.24, 2.45) is 0 Å². The van der Waals surface area contributed by atoms with Gasteiger partial charge in [0.05, 0.1) is 0 Å². The molecule has 0 nitrogen and oxygen atoms in total. The van der Waals surface area contributed by atoms with Gasteiger partial charge in [0.15, 0.2) is 0 Å². The van der Waals surface area contributed by atoms with Gasteiger partial charge in [-0.3, -0.25) is 0 Å². The molecule has 0 bridgehead atoms. The lowest BCUT2D eigenvalue weighted by molar-refractivity contribution is 1.55. The van der Waals surface area contributed by atoms with Crippen molar-refractivity contribution in [2.75, 3.05) is 0 Å². The highest BCUT2D eigenvalue weighted by molar-refractivity contribution is 5.82. The van der Waals surface area contributed by atoms with Gasteiger partial charge in [-0.25, -0.2) is 0 Å². The number of hydrogen-bond donors (Lipinski definition) is 0. The maximum absolute atomic E-state index is 2.24. The SMILES string of the molecule is C/C(=C\c1ccc(-c2ccc(-c3ccc(-c4ccc(/C=C(\C)c5ccccc5)cc4)cc3)cc2)cc1)c1ccccc1. The van der Waals surface area contributed by atoms with E-state index in [4.69, 9.17) is 0 Å². The molecule has 0 N–H and O–H groups in total. The molecule has 0 radical (unpaired) electrons. The number of rotatable bonds is 7. The summed E-state index contributed by atoms with van der Waals surface area (Å²) in [4.78, 5) is 0. The summed E-state index contributed by atoms with van der Waals surface area (Å²) in [5.74, 6) is 0. The molecule has 0 aliphatic carbocycles. The molecule has 202 valence electrons. The van der Waals surface area contributed by atoms with E-state index in [-0.39, 0.29) is 0 Å². The fraction of sp³-hybridized carbons (Fsp3) is 0.0476. The summed E-state index contributed by atoms with van der Waals surface area (Å²) in [6.07, 6.45) is 4.48. The molecule has 0 saturated carbocycles. The van der Waals surface area contributed by atoms with Crippen LogP contribution in [0.3, 0.4) is 0 Å². The van der Waals surface area contributed by atoms with Crippen molar-refractivity contribution in [3.8, 4) is 33.4 Å². The van der Waals surface area contributed by atoms with E-state index in [1.165, 1.54) is 66.8 Å². The number of hydrogen-bond acceptors (Lipinski definition) is 0. The molecule has 0 unspecified atom stereocenters. The van der Waals surface area contributed by atoms with Crippen LogP contribution in [0.15, 0.2) is 158 Å². The minimum absolute atomic E-state index is 1.21. The third-order valence-electron chi connectivity index (χ3n) is 7.82. The van der Waals surface area contributed by atoms with Crippen LogP contribution in [0.2, 0.25) is 0 Å². The smallest absolute Gasteiger partial charge is 0.0184 e. The summed E-state index contributed by atoms with van der Waals surface area (Å²) < 4.78 is 0. The zero-order valence-corrected chi connectivity index (χ0v) is 24.2. The molecule has 0 amide bonds. The predicted octanol–water partition coefficient (Wildman–Crippen LogP) is 11.8. The van der Waals surface area contributed by atoms with Crippen LogP contribution in [0.25, 0.3) is 56.7 Å². The Morgan fingerprint density at radius 2 is 0.548 bits per heavy atom. The monoisotopic (exact) mass is 538 g/mol. The van der Waals surface area contributed by atoms with Crippen molar-refractivity contribution in [2.45, 2.75) is 13.8 Å². The van der Waals surface area contributed by atoms with E-state index >= 15 is 0 Å². The Balaban J connectivity index is 1.12. The molecule has 42 heavy (non-hydrogen) atoms. The summed E-state index contributed by atoms with van der Waals surface area (Å²) in [7, 11) is 0. The molecule has 0 heteroatoms. The van der Waals surface area contributed by atoms with Crippen molar-refractivity contribution in [3.63, 3.8) is 0 Å². The van der Waals surface area contributed by atoms with Gasteiger partial charge in [-0.2, -0.15) is 0 Å². The summed E-state index contributed by atoms with van der Waals surface area (Å²) in [5.41, 5.74) is 14.8. The minimum Gasteiger partial charge on any atom is -0.0622 e. The summed E-state index contributed by atoms with van der Waals surface area (Å²) in [6.45, 7) is 4.33. The van der Waals surface area contributed by atoms with Crippen LogP contribution in [-0.2, 0) is 0 Å². The Labute approximate surface area is 250 Å². The van der Waals surface area contributed by atoms with Crippen molar-refractivity contribution >= 4 is 23.3 Å². The number of allylic oxidation sites excluding steroid dienone is 2. The van der Waals surface area contributed by atoms with Gasteiger partial charge in [-0.1, -0.05) is 170 Å². The van der Waals surface area contributed by atoms with Gasteiger partial charge in [0.25, 0.3) is 0 Å². The summed E-state index contributed by atoms with van der Waals surface area (Å²) in [5, 5.41) is 0. The maximum atomic E-state index is 2.24. The zero-order valence-electron chi connectivity index (χ0n) is 24.2. The highest BCUT2D eigenvalue weighted by atomic mass is 14.1. The Bertz CT molecular complexity index is 1660. The molecule has 0 aromatic heterocycles. The van der Waals surface area contributed by atoms with Crippen LogP contribution >= 0.6 is 0 Å². The van der Waals surface area contributed by atoms with Crippen molar-refractivity contribution in [1.29, 1.82) is 0 Å². The molecule has 0 saturated heterocycles. The van der Waals surface area contributed by atoms with Gasteiger partial charge >= 0.3 is 0 Å². The first kappa shape index (κ1) is 27.0. The second kappa shape index (κ2) is 12.5. The Morgan fingerprint density at radius 3 is 0.810 bits per heavy atom.